The summed E-state index contributed by atoms with van der Waals surface area (Å²) in [6, 6.07) is 5.55. The van der Waals surface area contributed by atoms with Gasteiger partial charge in [-0.25, -0.2) is 9.31 Å². The van der Waals surface area contributed by atoms with Crippen molar-refractivity contribution in [3.05, 3.63) is 36.4 Å². The van der Waals surface area contributed by atoms with Gasteiger partial charge in [-0.3, -0.25) is 4.68 Å². The molecule has 6 rings (SSSR count). The Kier molecular flexibility index (Phi) is 5.06. The molecule has 3 aromatic heterocycles. The number of aryl methyl sites for hydroxylation is 1. The maximum atomic E-state index is 10.6. The molecule has 0 amide bonds. The van der Waals surface area contributed by atoms with Crippen LogP contribution >= 0.6 is 0 Å². The fourth-order valence-corrected chi connectivity index (χ4v) is 3.86. The van der Waals surface area contributed by atoms with Crippen LogP contribution in [0.25, 0.3) is 16.6 Å². The van der Waals surface area contributed by atoms with Crippen molar-refractivity contribution < 1.29 is 23.1 Å². The van der Waals surface area contributed by atoms with E-state index < -0.39 is 12.1 Å². The highest BCUT2D eigenvalue weighted by Crippen LogP contribution is 2.34. The lowest BCUT2D eigenvalue weighted by atomic mass is 9.90. The summed E-state index contributed by atoms with van der Waals surface area (Å²) in [6.45, 7) is 1.94. The van der Waals surface area contributed by atoms with Gasteiger partial charge in [-0.05, 0) is 12.5 Å². The van der Waals surface area contributed by atoms with Gasteiger partial charge in [-0.2, -0.15) is 28.6 Å². The second-order valence-corrected chi connectivity index (χ2v) is 7.48. The molecule has 3 saturated heterocycles. The average molecular weight is 433 g/mol. The van der Waals surface area contributed by atoms with E-state index >= 15 is 0 Å². The Hall–Kier alpha value is -3.59. The summed E-state index contributed by atoms with van der Waals surface area (Å²) in [4.78, 5) is 11.3. The Labute approximate surface area is 174 Å². The van der Waals surface area contributed by atoms with Crippen molar-refractivity contribution in [1.82, 2.24) is 24.7 Å². The van der Waals surface area contributed by atoms with E-state index in [1.807, 2.05) is 30.2 Å². The lowest BCUT2D eigenvalue weighted by Gasteiger charge is -2.49. The minimum Gasteiger partial charge on any atom is -0.475 e. The van der Waals surface area contributed by atoms with Gasteiger partial charge < -0.3 is 15.3 Å². The molecule has 2 atom stereocenters. The summed E-state index contributed by atoms with van der Waals surface area (Å²) in [5, 5.41) is 28.8. The molecule has 0 spiro atoms. The first-order chi connectivity index (χ1) is 14.7. The molecule has 12 heteroatoms. The molecule has 3 aliphatic heterocycles. The molecule has 0 saturated carbocycles. The number of carboxylic acids is 1. The monoisotopic (exact) mass is 433 g/mol. The van der Waals surface area contributed by atoms with Crippen LogP contribution in [-0.4, -0.2) is 61.8 Å². The van der Waals surface area contributed by atoms with Crippen molar-refractivity contribution in [1.29, 1.82) is 5.26 Å². The molecule has 0 aliphatic carbocycles. The Morgan fingerprint density at radius 1 is 1.23 bits per heavy atom. The number of fused-ring (bicyclic) bond motifs is 3. The molecule has 31 heavy (non-hydrogen) atoms. The van der Waals surface area contributed by atoms with Crippen LogP contribution in [0.5, 0.6) is 0 Å². The summed E-state index contributed by atoms with van der Waals surface area (Å²) in [5.41, 5.74) is 4.71. The standard InChI is InChI=1S/C17H17N7.C2HF3O2/c1-22-7-13(6-19-22)11-2-16(23-9-14-3-15(10-23)21-14)17-12(4-18)5-20-24(17)8-11;3-2(4,5)1(6)7/h2,5-8,14-15,21H,3,9-10H2,1H3;(H,6,7). The SMILES string of the molecule is Cn1cc(-c2cc(N3CC4CC(C3)N4)c3c(C#N)cnn3c2)cn1.O=C(O)C(F)(F)F. The van der Waals surface area contributed by atoms with Crippen LogP contribution in [0.2, 0.25) is 0 Å². The summed E-state index contributed by atoms with van der Waals surface area (Å²) in [7, 11) is 1.91. The predicted molar refractivity (Wildman–Crippen MR) is 103 cm³/mol. The topological polar surface area (TPSA) is 111 Å². The maximum absolute atomic E-state index is 10.6. The second-order valence-electron chi connectivity index (χ2n) is 7.48. The van der Waals surface area contributed by atoms with Crippen LogP contribution < -0.4 is 10.2 Å². The van der Waals surface area contributed by atoms with Gasteiger partial charge in [0.15, 0.2) is 0 Å². The molecule has 3 aromatic rings. The minimum absolute atomic E-state index is 0.555. The number of aromatic nitrogens is 4. The van der Waals surface area contributed by atoms with Crippen LogP contribution in [0.3, 0.4) is 0 Å². The summed E-state index contributed by atoms with van der Waals surface area (Å²) < 4.78 is 35.4. The van der Waals surface area contributed by atoms with Crippen LogP contribution in [-0.2, 0) is 11.8 Å². The Bertz CT molecular complexity index is 1160. The molecule has 0 radical (unpaired) electrons. The van der Waals surface area contributed by atoms with Crippen molar-refractivity contribution in [2.24, 2.45) is 7.05 Å². The summed E-state index contributed by atoms with van der Waals surface area (Å²) in [5.74, 6) is -2.76. The van der Waals surface area contributed by atoms with Gasteiger partial charge in [-0.1, -0.05) is 0 Å². The van der Waals surface area contributed by atoms with Crippen LogP contribution in [0.1, 0.15) is 12.0 Å². The highest BCUT2D eigenvalue weighted by molar-refractivity contribution is 5.83. The summed E-state index contributed by atoms with van der Waals surface area (Å²) >= 11 is 0. The number of hydrogen-bond acceptors (Lipinski definition) is 6. The number of nitriles is 1. The number of anilines is 1. The van der Waals surface area contributed by atoms with Gasteiger partial charge >= 0.3 is 12.1 Å². The summed E-state index contributed by atoms with van der Waals surface area (Å²) in [6.07, 6.45) is 3.64. The molecular formula is C19H18F3N7O2. The molecule has 9 nitrogen and oxygen atoms in total. The highest BCUT2D eigenvalue weighted by Gasteiger charge is 2.38. The first-order valence-electron chi connectivity index (χ1n) is 9.37. The van der Waals surface area contributed by atoms with Crippen molar-refractivity contribution in [3.8, 4) is 17.2 Å². The molecule has 2 bridgehead atoms. The number of halogens is 3. The fraction of sp³-hybridized carbons (Fsp3) is 0.368. The quantitative estimate of drug-likeness (QED) is 0.634. The van der Waals surface area contributed by atoms with Gasteiger partial charge in [0.25, 0.3) is 0 Å². The van der Waals surface area contributed by atoms with Crippen LogP contribution in [0.4, 0.5) is 18.9 Å². The van der Waals surface area contributed by atoms with Crippen molar-refractivity contribution >= 4 is 17.2 Å². The molecular weight excluding hydrogens is 415 g/mol. The largest absolute Gasteiger partial charge is 0.490 e. The van der Waals surface area contributed by atoms with E-state index in [0.717, 1.165) is 35.4 Å². The van der Waals surface area contributed by atoms with E-state index in [9.17, 15) is 18.4 Å². The number of pyridine rings is 1. The third-order valence-electron chi connectivity index (χ3n) is 5.26. The molecule has 3 fully saturated rings. The van der Waals surface area contributed by atoms with Gasteiger partial charge in [0, 0.05) is 55.7 Å². The number of alkyl halides is 3. The highest BCUT2D eigenvalue weighted by atomic mass is 19.4. The molecule has 3 aliphatic rings. The molecule has 162 valence electrons. The van der Waals surface area contributed by atoms with E-state index in [0.29, 0.717) is 17.6 Å². The molecule has 2 N–H and O–H groups in total. The van der Waals surface area contributed by atoms with Gasteiger partial charge in [0.2, 0.25) is 0 Å². The Balaban J connectivity index is 0.000000289. The predicted octanol–water partition coefficient (Wildman–Crippen LogP) is 1.79. The Morgan fingerprint density at radius 3 is 2.39 bits per heavy atom. The lowest BCUT2D eigenvalue weighted by Crippen LogP contribution is -2.67. The first kappa shape index (κ1) is 20.7. The van der Waals surface area contributed by atoms with Gasteiger partial charge in [0.05, 0.1) is 23.6 Å². The number of piperidine rings is 1. The molecule has 6 heterocycles. The lowest BCUT2D eigenvalue weighted by molar-refractivity contribution is -0.192. The van der Waals surface area contributed by atoms with Crippen LogP contribution in [0.15, 0.2) is 30.9 Å². The van der Waals surface area contributed by atoms with Crippen LogP contribution in [0, 0.1) is 11.3 Å². The van der Waals surface area contributed by atoms with E-state index in [4.69, 9.17) is 9.90 Å². The third kappa shape index (κ3) is 4.04. The van der Waals surface area contributed by atoms with E-state index in [2.05, 4.69) is 32.5 Å². The number of carboxylic acid groups (broad SMARTS) is 1. The van der Waals surface area contributed by atoms with Crippen molar-refractivity contribution in [2.45, 2.75) is 24.7 Å². The number of aliphatic carboxylic acids is 1. The zero-order valence-electron chi connectivity index (χ0n) is 16.3. The second kappa shape index (κ2) is 7.59. The smallest absolute Gasteiger partial charge is 0.475 e. The minimum atomic E-state index is -5.08. The number of carbonyl (C=O) groups is 1. The van der Waals surface area contributed by atoms with E-state index in [1.165, 1.54) is 6.42 Å². The first-order valence-corrected chi connectivity index (χ1v) is 9.37. The zero-order valence-corrected chi connectivity index (χ0v) is 16.3. The van der Waals surface area contributed by atoms with Gasteiger partial charge in [0.1, 0.15) is 11.6 Å². The average Bonchev–Trinajstić information content (AvgIpc) is 3.32. The van der Waals surface area contributed by atoms with E-state index in [-0.39, 0.29) is 0 Å². The normalized spacial score (nSPS) is 19.9. The Morgan fingerprint density at radius 2 is 1.87 bits per heavy atom. The number of hydrogen-bond donors (Lipinski definition) is 2. The zero-order chi connectivity index (χ0) is 22.3. The third-order valence-corrected chi connectivity index (χ3v) is 5.26. The molecule has 0 aromatic carbocycles. The number of rotatable bonds is 2. The van der Waals surface area contributed by atoms with Crippen molar-refractivity contribution in [2.75, 3.05) is 18.0 Å². The maximum Gasteiger partial charge on any atom is 0.490 e. The number of nitrogens with one attached hydrogen (secondary N) is 1. The molecule has 2 unspecified atom stereocenters. The number of piperazine rings is 1. The van der Waals surface area contributed by atoms with Crippen molar-refractivity contribution in [3.63, 3.8) is 0 Å². The van der Waals surface area contributed by atoms with Gasteiger partial charge in [-0.15, -0.1) is 0 Å². The number of nitrogens with zero attached hydrogens (tertiary/aromatic N) is 6. The van der Waals surface area contributed by atoms with E-state index in [1.54, 1.807) is 10.9 Å². The fourth-order valence-electron chi connectivity index (χ4n) is 3.86.